The van der Waals surface area contributed by atoms with Gasteiger partial charge in [-0.2, -0.15) is 9.47 Å². The van der Waals surface area contributed by atoms with Crippen molar-refractivity contribution in [1.29, 1.82) is 0 Å². The number of nitrogens with zero attached hydrogens (tertiary/aromatic N) is 3. The summed E-state index contributed by atoms with van der Waals surface area (Å²) < 4.78 is 7.03. The second kappa shape index (κ2) is 4.17. The molecule has 2 heterocycles. The largest absolute Gasteiger partial charge is 0.476 e. The zero-order valence-electron chi connectivity index (χ0n) is 10.4. The molecule has 0 bridgehead atoms. The minimum absolute atomic E-state index is 0.0512. The van der Waals surface area contributed by atoms with Crippen LogP contribution in [0.15, 0.2) is 24.3 Å². The number of aryl methyl sites for hydroxylation is 2. The van der Waals surface area contributed by atoms with E-state index in [9.17, 15) is 4.79 Å². The Morgan fingerprint density at radius 1 is 1.42 bits per heavy atom. The van der Waals surface area contributed by atoms with Gasteiger partial charge in [-0.3, -0.25) is 4.68 Å². The number of fused-ring (bicyclic) bond motifs is 1. The molecule has 0 radical (unpaired) electrons. The van der Waals surface area contributed by atoms with Crippen LogP contribution in [0, 0.1) is 6.92 Å². The van der Waals surface area contributed by atoms with Crippen LogP contribution in [0.25, 0.3) is 21.3 Å². The number of carboxylic acid groups (broad SMARTS) is 1. The van der Waals surface area contributed by atoms with Gasteiger partial charge >= 0.3 is 5.97 Å². The Hall–Kier alpha value is -2.21. The van der Waals surface area contributed by atoms with E-state index in [2.05, 4.69) is 9.47 Å². The Morgan fingerprint density at radius 3 is 2.89 bits per heavy atom. The summed E-state index contributed by atoms with van der Waals surface area (Å²) in [6.45, 7) is 1.96. The van der Waals surface area contributed by atoms with Crippen molar-refractivity contribution in [3.63, 3.8) is 0 Å². The SMILES string of the molecule is Cc1nsc2cccc(-c3cc(C(=O)O)nn3C)c12. The molecule has 0 amide bonds. The van der Waals surface area contributed by atoms with Crippen molar-refractivity contribution in [3.05, 3.63) is 35.7 Å². The molecule has 6 heteroatoms. The van der Waals surface area contributed by atoms with Crippen LogP contribution in [0.1, 0.15) is 16.2 Å². The number of hydrogen-bond acceptors (Lipinski definition) is 4. The van der Waals surface area contributed by atoms with Crippen LogP contribution in [0.2, 0.25) is 0 Å². The molecule has 0 saturated heterocycles. The van der Waals surface area contributed by atoms with Crippen LogP contribution in [0.4, 0.5) is 0 Å². The molecular weight excluding hydrogens is 262 g/mol. The van der Waals surface area contributed by atoms with Gasteiger partial charge in [0, 0.05) is 18.0 Å². The number of aromatic carboxylic acids is 1. The standard InChI is InChI=1S/C13H11N3O2S/c1-7-12-8(4-3-5-11(12)19-15-7)10-6-9(13(17)18)14-16(10)2/h3-6H,1-2H3,(H,17,18). The molecule has 1 aromatic carbocycles. The maximum atomic E-state index is 11.0. The number of carboxylic acids is 1. The van der Waals surface area contributed by atoms with Gasteiger partial charge in [0.1, 0.15) is 0 Å². The monoisotopic (exact) mass is 273 g/mol. The van der Waals surface area contributed by atoms with Gasteiger partial charge in [0.25, 0.3) is 0 Å². The van der Waals surface area contributed by atoms with Gasteiger partial charge in [-0.1, -0.05) is 12.1 Å². The highest BCUT2D eigenvalue weighted by molar-refractivity contribution is 7.13. The average molecular weight is 273 g/mol. The highest BCUT2D eigenvalue weighted by Crippen LogP contribution is 2.33. The summed E-state index contributed by atoms with van der Waals surface area (Å²) in [4.78, 5) is 11.0. The molecule has 0 unspecified atom stereocenters. The molecule has 0 aliphatic carbocycles. The van der Waals surface area contributed by atoms with Crippen molar-refractivity contribution in [2.24, 2.45) is 7.05 Å². The Balaban J connectivity index is 2.30. The van der Waals surface area contributed by atoms with Crippen molar-refractivity contribution < 1.29 is 9.90 Å². The van der Waals surface area contributed by atoms with E-state index in [4.69, 9.17) is 5.11 Å². The van der Waals surface area contributed by atoms with E-state index in [1.807, 2.05) is 25.1 Å². The molecule has 0 saturated carbocycles. The predicted molar refractivity (Wildman–Crippen MR) is 73.5 cm³/mol. The van der Waals surface area contributed by atoms with Crippen LogP contribution in [-0.2, 0) is 7.05 Å². The van der Waals surface area contributed by atoms with Crippen molar-refractivity contribution >= 4 is 27.6 Å². The van der Waals surface area contributed by atoms with E-state index in [1.165, 1.54) is 11.5 Å². The lowest BCUT2D eigenvalue weighted by Gasteiger charge is -2.04. The van der Waals surface area contributed by atoms with E-state index in [-0.39, 0.29) is 5.69 Å². The first-order valence-corrected chi connectivity index (χ1v) is 6.48. The molecule has 5 nitrogen and oxygen atoms in total. The van der Waals surface area contributed by atoms with Crippen LogP contribution >= 0.6 is 11.5 Å². The summed E-state index contributed by atoms with van der Waals surface area (Å²) in [6.07, 6.45) is 0. The molecule has 0 atom stereocenters. The lowest BCUT2D eigenvalue weighted by atomic mass is 10.1. The zero-order chi connectivity index (χ0) is 13.6. The molecular formula is C13H11N3O2S. The molecule has 0 fully saturated rings. The normalized spacial score (nSPS) is 11.1. The number of aromatic nitrogens is 3. The third kappa shape index (κ3) is 1.80. The van der Waals surface area contributed by atoms with Gasteiger partial charge in [-0.05, 0) is 30.6 Å². The van der Waals surface area contributed by atoms with Gasteiger partial charge in [0.15, 0.2) is 5.69 Å². The Labute approximate surface area is 113 Å². The Bertz CT molecular complexity index is 788. The highest BCUT2D eigenvalue weighted by atomic mass is 32.1. The first kappa shape index (κ1) is 11.9. The van der Waals surface area contributed by atoms with Gasteiger partial charge in [-0.15, -0.1) is 0 Å². The molecule has 19 heavy (non-hydrogen) atoms. The summed E-state index contributed by atoms with van der Waals surface area (Å²) in [7, 11) is 1.75. The van der Waals surface area contributed by atoms with Crippen LogP contribution in [0.5, 0.6) is 0 Å². The molecule has 3 aromatic rings. The Kier molecular flexibility index (Phi) is 2.60. The minimum Gasteiger partial charge on any atom is -0.476 e. The van der Waals surface area contributed by atoms with Crippen molar-refractivity contribution in [2.75, 3.05) is 0 Å². The third-order valence-corrected chi connectivity index (χ3v) is 3.95. The second-order valence-electron chi connectivity index (χ2n) is 4.29. The molecule has 3 rings (SSSR count). The highest BCUT2D eigenvalue weighted by Gasteiger charge is 2.16. The minimum atomic E-state index is -1.02. The maximum absolute atomic E-state index is 11.0. The number of rotatable bonds is 2. The van der Waals surface area contributed by atoms with E-state index in [0.29, 0.717) is 0 Å². The lowest BCUT2D eigenvalue weighted by Crippen LogP contribution is -1.99. The van der Waals surface area contributed by atoms with Crippen molar-refractivity contribution in [1.82, 2.24) is 14.2 Å². The molecule has 0 aliphatic heterocycles. The summed E-state index contributed by atoms with van der Waals surface area (Å²) >= 11 is 1.45. The number of benzene rings is 1. The third-order valence-electron chi connectivity index (χ3n) is 3.04. The smallest absolute Gasteiger partial charge is 0.356 e. The summed E-state index contributed by atoms with van der Waals surface area (Å²) in [5.74, 6) is -1.02. The van der Waals surface area contributed by atoms with Crippen molar-refractivity contribution in [2.45, 2.75) is 6.92 Å². The fourth-order valence-electron chi connectivity index (χ4n) is 2.18. The van der Waals surface area contributed by atoms with E-state index in [0.717, 1.165) is 27.0 Å². The van der Waals surface area contributed by atoms with Crippen LogP contribution < -0.4 is 0 Å². The summed E-state index contributed by atoms with van der Waals surface area (Å²) in [5, 5.41) is 14.1. The fourth-order valence-corrected chi connectivity index (χ4v) is 3.00. The van der Waals surface area contributed by atoms with Gasteiger partial charge in [0.2, 0.25) is 0 Å². The molecule has 0 spiro atoms. The van der Waals surface area contributed by atoms with E-state index >= 15 is 0 Å². The van der Waals surface area contributed by atoms with E-state index in [1.54, 1.807) is 17.8 Å². The van der Waals surface area contributed by atoms with Gasteiger partial charge < -0.3 is 5.11 Å². The van der Waals surface area contributed by atoms with Gasteiger partial charge in [-0.25, -0.2) is 4.79 Å². The molecule has 0 aliphatic rings. The van der Waals surface area contributed by atoms with Crippen LogP contribution in [0.3, 0.4) is 0 Å². The first-order valence-electron chi connectivity index (χ1n) is 5.70. The van der Waals surface area contributed by atoms with Crippen molar-refractivity contribution in [3.8, 4) is 11.3 Å². The number of hydrogen-bond donors (Lipinski definition) is 1. The fraction of sp³-hybridized carbons (Fsp3) is 0.154. The molecule has 1 N–H and O–H groups in total. The van der Waals surface area contributed by atoms with Crippen LogP contribution in [-0.4, -0.2) is 25.2 Å². The topological polar surface area (TPSA) is 68.0 Å². The lowest BCUT2D eigenvalue weighted by molar-refractivity contribution is 0.0689. The predicted octanol–water partition coefficient (Wildman–Crippen LogP) is 2.70. The Morgan fingerprint density at radius 2 is 2.21 bits per heavy atom. The first-order chi connectivity index (χ1) is 9.08. The second-order valence-corrected chi connectivity index (χ2v) is 5.10. The summed E-state index contributed by atoms with van der Waals surface area (Å²) in [6, 6.07) is 7.52. The quantitative estimate of drug-likeness (QED) is 0.779. The van der Waals surface area contributed by atoms with Gasteiger partial charge in [0.05, 0.1) is 16.1 Å². The van der Waals surface area contributed by atoms with E-state index < -0.39 is 5.97 Å². The summed E-state index contributed by atoms with van der Waals surface area (Å²) in [5.41, 5.74) is 2.75. The molecule has 96 valence electrons. The average Bonchev–Trinajstić information content (AvgIpc) is 2.94. The maximum Gasteiger partial charge on any atom is 0.356 e. The number of carbonyl (C=O) groups is 1. The molecule has 2 aromatic heterocycles. The zero-order valence-corrected chi connectivity index (χ0v) is 11.2.